The van der Waals surface area contributed by atoms with Gasteiger partial charge in [-0.1, -0.05) is 51.9 Å². The van der Waals surface area contributed by atoms with E-state index in [1.165, 1.54) is 64.2 Å². The molecule has 2 aliphatic rings. The highest BCUT2D eigenvalue weighted by Crippen LogP contribution is 2.59. The SMILES string of the molecule is CCCCCCCCCCC(=O)C1CC12CCNCC2. The molecule has 20 heavy (non-hydrogen) atoms. The van der Waals surface area contributed by atoms with Crippen LogP contribution in [-0.2, 0) is 4.79 Å². The van der Waals surface area contributed by atoms with Crippen LogP contribution in [-0.4, -0.2) is 18.9 Å². The fraction of sp³-hybridized carbons (Fsp3) is 0.944. The van der Waals surface area contributed by atoms with Gasteiger partial charge in [-0.25, -0.2) is 0 Å². The molecule has 1 unspecified atom stereocenters. The lowest BCUT2D eigenvalue weighted by atomic mass is 9.90. The highest BCUT2D eigenvalue weighted by atomic mass is 16.1. The number of Topliss-reactive ketones (excluding diaryl/α,β-unsaturated/α-hetero) is 1. The van der Waals surface area contributed by atoms with E-state index in [4.69, 9.17) is 0 Å². The molecule has 0 amide bonds. The zero-order valence-electron chi connectivity index (χ0n) is 13.4. The van der Waals surface area contributed by atoms with Gasteiger partial charge in [-0.3, -0.25) is 4.79 Å². The molecule has 0 aromatic heterocycles. The Morgan fingerprint density at radius 2 is 1.60 bits per heavy atom. The molecule has 2 rings (SSSR count). The molecule has 1 aliphatic carbocycles. The van der Waals surface area contributed by atoms with Gasteiger partial charge in [-0.2, -0.15) is 0 Å². The summed E-state index contributed by atoms with van der Waals surface area (Å²) in [5.74, 6) is 1.02. The number of hydrogen-bond donors (Lipinski definition) is 1. The van der Waals surface area contributed by atoms with Gasteiger partial charge in [0.2, 0.25) is 0 Å². The van der Waals surface area contributed by atoms with Crippen molar-refractivity contribution in [3.05, 3.63) is 0 Å². The van der Waals surface area contributed by atoms with Crippen molar-refractivity contribution in [1.29, 1.82) is 0 Å². The quantitative estimate of drug-likeness (QED) is 0.598. The number of piperidine rings is 1. The number of carbonyl (C=O) groups excluding carboxylic acids is 1. The third kappa shape index (κ3) is 4.58. The van der Waals surface area contributed by atoms with Crippen molar-refractivity contribution in [3.8, 4) is 0 Å². The topological polar surface area (TPSA) is 29.1 Å². The van der Waals surface area contributed by atoms with Gasteiger partial charge in [0, 0.05) is 12.3 Å². The Kier molecular flexibility index (Phi) is 6.54. The fourth-order valence-corrected chi connectivity index (χ4v) is 3.89. The highest BCUT2D eigenvalue weighted by Gasteiger charge is 2.56. The Morgan fingerprint density at radius 1 is 1.00 bits per heavy atom. The molecule has 0 aromatic rings. The summed E-state index contributed by atoms with van der Waals surface area (Å²) < 4.78 is 0. The first-order valence-electron chi connectivity index (χ1n) is 9.02. The van der Waals surface area contributed by atoms with Crippen LogP contribution < -0.4 is 5.32 Å². The molecule has 0 aromatic carbocycles. The van der Waals surface area contributed by atoms with Crippen LogP contribution in [0.5, 0.6) is 0 Å². The van der Waals surface area contributed by atoms with Crippen LogP contribution in [0.3, 0.4) is 0 Å². The predicted molar refractivity (Wildman–Crippen MR) is 84.9 cm³/mol. The van der Waals surface area contributed by atoms with Crippen LogP contribution >= 0.6 is 0 Å². The van der Waals surface area contributed by atoms with E-state index in [1.54, 1.807) is 0 Å². The number of unbranched alkanes of at least 4 members (excludes halogenated alkanes) is 7. The first-order chi connectivity index (χ1) is 9.78. The Balaban J connectivity index is 1.47. The van der Waals surface area contributed by atoms with Gasteiger partial charge in [0.25, 0.3) is 0 Å². The molecule has 1 N–H and O–H groups in total. The third-order valence-electron chi connectivity index (χ3n) is 5.45. The maximum absolute atomic E-state index is 12.2. The van der Waals surface area contributed by atoms with Crippen molar-refractivity contribution < 1.29 is 4.79 Å². The van der Waals surface area contributed by atoms with Crippen molar-refractivity contribution in [2.24, 2.45) is 11.3 Å². The van der Waals surface area contributed by atoms with Crippen LogP contribution in [0.25, 0.3) is 0 Å². The molecule has 1 saturated carbocycles. The van der Waals surface area contributed by atoms with Gasteiger partial charge in [-0.05, 0) is 44.2 Å². The second-order valence-corrected chi connectivity index (χ2v) is 7.06. The molecule has 116 valence electrons. The van der Waals surface area contributed by atoms with Crippen molar-refractivity contribution >= 4 is 5.78 Å². The average molecular weight is 279 g/mol. The minimum atomic E-state index is 0.439. The summed E-state index contributed by atoms with van der Waals surface area (Å²) in [4.78, 5) is 12.2. The molecule has 2 heteroatoms. The van der Waals surface area contributed by atoms with Gasteiger partial charge in [0.1, 0.15) is 5.78 Å². The van der Waals surface area contributed by atoms with Crippen LogP contribution in [0.4, 0.5) is 0 Å². The van der Waals surface area contributed by atoms with Crippen molar-refractivity contribution in [1.82, 2.24) is 5.32 Å². The zero-order chi connectivity index (χ0) is 14.3. The molecular formula is C18H33NO. The van der Waals surface area contributed by atoms with Gasteiger partial charge >= 0.3 is 0 Å². The molecular weight excluding hydrogens is 246 g/mol. The number of rotatable bonds is 10. The van der Waals surface area contributed by atoms with Gasteiger partial charge < -0.3 is 5.32 Å². The summed E-state index contributed by atoms with van der Waals surface area (Å²) >= 11 is 0. The summed E-state index contributed by atoms with van der Waals surface area (Å²) in [5, 5.41) is 3.41. The van der Waals surface area contributed by atoms with E-state index in [9.17, 15) is 4.79 Å². The molecule has 2 nitrogen and oxygen atoms in total. The summed E-state index contributed by atoms with van der Waals surface area (Å²) in [6.07, 6.45) is 15.1. The van der Waals surface area contributed by atoms with E-state index in [-0.39, 0.29) is 0 Å². The second-order valence-electron chi connectivity index (χ2n) is 7.06. The fourth-order valence-electron chi connectivity index (χ4n) is 3.89. The smallest absolute Gasteiger partial charge is 0.136 e. The Bertz CT molecular complexity index is 294. The number of hydrogen-bond acceptors (Lipinski definition) is 2. The second kappa shape index (κ2) is 8.17. The maximum Gasteiger partial charge on any atom is 0.136 e. The summed E-state index contributed by atoms with van der Waals surface area (Å²) in [6.45, 7) is 4.52. The number of nitrogens with one attached hydrogen (secondary N) is 1. The Hall–Kier alpha value is -0.370. The highest BCUT2D eigenvalue weighted by molar-refractivity contribution is 5.84. The van der Waals surface area contributed by atoms with Crippen LogP contribution in [0.2, 0.25) is 0 Å². The van der Waals surface area contributed by atoms with Gasteiger partial charge in [0.15, 0.2) is 0 Å². The average Bonchev–Trinajstić information content (AvgIpc) is 3.16. The third-order valence-corrected chi connectivity index (χ3v) is 5.45. The minimum absolute atomic E-state index is 0.439. The van der Waals surface area contributed by atoms with Crippen LogP contribution in [0.15, 0.2) is 0 Å². The maximum atomic E-state index is 12.2. The normalized spacial score (nSPS) is 23.9. The molecule has 0 bridgehead atoms. The molecule has 2 fully saturated rings. The molecule has 1 spiro atoms. The Labute approximate surface area is 125 Å². The minimum Gasteiger partial charge on any atom is -0.317 e. The lowest BCUT2D eigenvalue weighted by Crippen LogP contribution is -2.30. The molecule has 1 saturated heterocycles. The molecule has 1 heterocycles. The molecule has 1 atom stereocenters. The number of carbonyl (C=O) groups is 1. The van der Waals surface area contributed by atoms with Crippen LogP contribution in [0.1, 0.15) is 84.0 Å². The van der Waals surface area contributed by atoms with Crippen molar-refractivity contribution in [2.45, 2.75) is 84.0 Å². The number of ketones is 1. The van der Waals surface area contributed by atoms with Crippen LogP contribution in [0, 0.1) is 11.3 Å². The van der Waals surface area contributed by atoms with Gasteiger partial charge in [0.05, 0.1) is 0 Å². The van der Waals surface area contributed by atoms with Gasteiger partial charge in [-0.15, -0.1) is 0 Å². The monoisotopic (exact) mass is 279 g/mol. The summed E-state index contributed by atoms with van der Waals surface area (Å²) in [6, 6.07) is 0. The zero-order valence-corrected chi connectivity index (χ0v) is 13.4. The lowest BCUT2D eigenvalue weighted by molar-refractivity contribution is -0.121. The Morgan fingerprint density at radius 3 is 2.25 bits per heavy atom. The van der Waals surface area contributed by atoms with E-state index in [0.29, 0.717) is 17.1 Å². The van der Waals surface area contributed by atoms with Crippen molar-refractivity contribution in [3.63, 3.8) is 0 Å². The summed E-state index contributed by atoms with van der Waals surface area (Å²) in [5.41, 5.74) is 0.447. The van der Waals surface area contributed by atoms with E-state index in [2.05, 4.69) is 12.2 Å². The van der Waals surface area contributed by atoms with Crippen molar-refractivity contribution in [2.75, 3.05) is 13.1 Å². The predicted octanol–water partition coefficient (Wildman–Crippen LogP) is 4.48. The standard InChI is InChI=1S/C18H33NO/c1-2-3-4-5-6-7-8-9-10-17(20)16-15-18(16)11-13-19-14-12-18/h16,19H,2-15H2,1H3. The molecule has 1 aliphatic heterocycles. The first-order valence-corrected chi connectivity index (χ1v) is 9.02. The molecule has 0 radical (unpaired) electrons. The van der Waals surface area contributed by atoms with E-state index in [1.807, 2.05) is 0 Å². The van der Waals surface area contributed by atoms with E-state index >= 15 is 0 Å². The lowest BCUT2D eigenvalue weighted by Gasteiger charge is -2.23. The van der Waals surface area contributed by atoms with E-state index < -0.39 is 0 Å². The van der Waals surface area contributed by atoms with E-state index in [0.717, 1.165) is 25.9 Å². The largest absolute Gasteiger partial charge is 0.317 e. The first kappa shape index (κ1) is 16.0. The summed E-state index contributed by atoms with van der Waals surface area (Å²) in [7, 11) is 0.